The predicted molar refractivity (Wildman–Crippen MR) is 134 cm³/mol. The molecule has 0 radical (unpaired) electrons. The first-order valence-electron chi connectivity index (χ1n) is 10.4. The molecule has 0 spiro atoms. The highest BCUT2D eigenvalue weighted by Gasteiger charge is 2.20. The average Bonchev–Trinajstić information content (AvgIpc) is 2.77. The van der Waals surface area contributed by atoms with Gasteiger partial charge in [0.05, 0.1) is 5.56 Å². The number of phenols is 1. The van der Waals surface area contributed by atoms with Crippen molar-refractivity contribution in [2.24, 2.45) is 0 Å². The fourth-order valence-corrected chi connectivity index (χ4v) is 3.69. The molecule has 164 valence electrons. The molecule has 0 amide bonds. The van der Waals surface area contributed by atoms with Crippen LogP contribution in [0.5, 0.6) is 5.75 Å². The second-order valence-electron chi connectivity index (χ2n) is 8.52. The number of aromatic hydroxyl groups is 1. The topological polar surface area (TPSA) is 54.4 Å². The zero-order valence-corrected chi connectivity index (χ0v) is 19.8. The first kappa shape index (κ1) is 23.9. The van der Waals surface area contributed by atoms with E-state index in [1.165, 1.54) is 11.8 Å². The third kappa shape index (κ3) is 6.62. The van der Waals surface area contributed by atoms with Crippen molar-refractivity contribution >= 4 is 23.2 Å². The maximum absolute atomic E-state index is 11.4. The van der Waals surface area contributed by atoms with Crippen LogP contribution < -0.4 is 0 Å². The van der Waals surface area contributed by atoms with Crippen LogP contribution in [0.3, 0.4) is 0 Å². The molecule has 0 bridgehead atoms. The summed E-state index contributed by atoms with van der Waals surface area (Å²) in [5.74, 6) is 12.5. The van der Waals surface area contributed by atoms with E-state index in [4.69, 9.17) is 0 Å². The van der Waals surface area contributed by atoms with Gasteiger partial charge in [0.2, 0.25) is 0 Å². The van der Waals surface area contributed by atoms with E-state index in [1.54, 1.807) is 13.0 Å². The monoisotopic (exact) mass is 452 g/mol. The quantitative estimate of drug-likeness (QED) is 0.297. The summed E-state index contributed by atoms with van der Waals surface area (Å²) in [5.41, 5.74) is 3.86. The van der Waals surface area contributed by atoms with Crippen molar-refractivity contribution in [2.75, 3.05) is 0 Å². The molecule has 0 saturated heterocycles. The fraction of sp³-hybridized carbons (Fsp3) is 0.172. The highest BCUT2D eigenvalue weighted by atomic mass is 32.2. The van der Waals surface area contributed by atoms with Crippen molar-refractivity contribution in [3.8, 4) is 29.4 Å². The molecule has 33 heavy (non-hydrogen) atoms. The molecule has 0 aliphatic heterocycles. The average molecular weight is 453 g/mol. The van der Waals surface area contributed by atoms with Crippen molar-refractivity contribution in [1.29, 1.82) is 0 Å². The molecular formula is C29H24O3S. The van der Waals surface area contributed by atoms with Crippen LogP contribution in [0.1, 0.15) is 65.9 Å². The van der Waals surface area contributed by atoms with Crippen LogP contribution in [0.15, 0.2) is 65.6 Å². The summed E-state index contributed by atoms with van der Waals surface area (Å²) in [6.07, 6.45) is 0.652. The van der Waals surface area contributed by atoms with Crippen LogP contribution in [0.2, 0.25) is 0 Å². The minimum atomic E-state index is -0.313. The summed E-state index contributed by atoms with van der Waals surface area (Å²) < 4.78 is 0. The summed E-state index contributed by atoms with van der Waals surface area (Å²) >= 11 is 1.20. The van der Waals surface area contributed by atoms with Gasteiger partial charge in [-0.25, -0.2) is 0 Å². The normalized spacial score (nSPS) is 10.4. The van der Waals surface area contributed by atoms with E-state index < -0.39 is 0 Å². The molecule has 0 aliphatic carbocycles. The first-order valence-corrected chi connectivity index (χ1v) is 11.2. The van der Waals surface area contributed by atoms with E-state index in [9.17, 15) is 14.7 Å². The Bertz CT molecular complexity index is 1300. The zero-order chi connectivity index (χ0) is 24.0. The van der Waals surface area contributed by atoms with Gasteiger partial charge in [0, 0.05) is 39.6 Å². The van der Waals surface area contributed by atoms with Crippen LogP contribution in [0, 0.1) is 23.7 Å². The van der Waals surface area contributed by atoms with Crippen LogP contribution >= 0.6 is 11.8 Å². The number of benzene rings is 3. The summed E-state index contributed by atoms with van der Waals surface area (Å²) in [4.78, 5) is 23.4. The van der Waals surface area contributed by atoms with E-state index in [0.717, 1.165) is 21.6 Å². The molecule has 3 aromatic rings. The molecule has 3 aromatic carbocycles. The Balaban J connectivity index is 1.77. The Labute approximate surface area is 199 Å². The molecule has 3 nitrogen and oxygen atoms in total. The van der Waals surface area contributed by atoms with Crippen molar-refractivity contribution in [3.63, 3.8) is 0 Å². The van der Waals surface area contributed by atoms with Crippen molar-refractivity contribution in [1.82, 2.24) is 0 Å². The van der Waals surface area contributed by atoms with Gasteiger partial charge in [0.1, 0.15) is 5.75 Å². The molecule has 0 atom stereocenters. The lowest BCUT2D eigenvalue weighted by Crippen LogP contribution is -2.12. The second kappa shape index (κ2) is 10.3. The Morgan fingerprint density at radius 1 is 0.818 bits per heavy atom. The summed E-state index contributed by atoms with van der Waals surface area (Å²) in [5, 5.41) is 10.4. The van der Waals surface area contributed by atoms with Gasteiger partial charge in [-0.1, -0.05) is 56.2 Å². The van der Waals surface area contributed by atoms with Gasteiger partial charge in [0.15, 0.2) is 11.4 Å². The van der Waals surface area contributed by atoms with Gasteiger partial charge in [-0.05, 0) is 66.1 Å². The van der Waals surface area contributed by atoms with Gasteiger partial charge in [-0.15, -0.1) is 0 Å². The molecule has 0 fully saturated rings. The van der Waals surface area contributed by atoms with Gasteiger partial charge < -0.3 is 5.11 Å². The second-order valence-corrected chi connectivity index (χ2v) is 9.78. The summed E-state index contributed by atoms with van der Waals surface area (Å²) in [6.45, 7) is 7.48. The summed E-state index contributed by atoms with van der Waals surface area (Å²) in [7, 11) is 0. The Hall–Kier alpha value is -3.73. The lowest BCUT2D eigenvalue weighted by molar-refractivity contribution is -0.109. The highest BCUT2D eigenvalue weighted by molar-refractivity contribution is 8.13. The maximum atomic E-state index is 11.4. The standard InChI is InChI=1S/C29H24O3S/c1-20(31)33-26-15-13-23(14-16-26)10-9-21-5-7-22(8-6-21)11-12-24-17-25(19-30)28(32)27(18-24)29(2,3)4/h5-8,13-19,32H,1-4H3. The SMILES string of the molecule is CC(=O)Sc1ccc(C#Cc2ccc(C#Cc3cc(C=O)c(O)c(C(C)(C)C)c3)cc2)cc1. The van der Waals surface area contributed by atoms with Crippen molar-refractivity contribution < 1.29 is 14.7 Å². The van der Waals surface area contributed by atoms with E-state index >= 15 is 0 Å². The van der Waals surface area contributed by atoms with Crippen LogP contribution in [0.4, 0.5) is 0 Å². The Morgan fingerprint density at radius 3 is 1.70 bits per heavy atom. The molecule has 0 aromatic heterocycles. The smallest absolute Gasteiger partial charge is 0.190 e. The molecule has 4 heteroatoms. The Kier molecular flexibility index (Phi) is 7.44. The largest absolute Gasteiger partial charge is 0.507 e. The minimum absolute atomic E-state index is 0.0122. The first-order chi connectivity index (χ1) is 15.7. The van der Waals surface area contributed by atoms with E-state index in [2.05, 4.69) is 23.7 Å². The van der Waals surface area contributed by atoms with Crippen LogP contribution in [-0.4, -0.2) is 16.5 Å². The molecule has 0 heterocycles. The van der Waals surface area contributed by atoms with Gasteiger partial charge in [0.25, 0.3) is 0 Å². The number of rotatable bonds is 2. The lowest BCUT2D eigenvalue weighted by Gasteiger charge is -2.21. The number of hydrogen-bond acceptors (Lipinski definition) is 4. The number of carbonyl (C=O) groups excluding carboxylic acids is 2. The van der Waals surface area contributed by atoms with Crippen LogP contribution in [0.25, 0.3) is 0 Å². The minimum Gasteiger partial charge on any atom is -0.507 e. The Morgan fingerprint density at radius 2 is 1.27 bits per heavy atom. The van der Waals surface area contributed by atoms with E-state index in [-0.39, 0.29) is 21.8 Å². The van der Waals surface area contributed by atoms with Crippen LogP contribution in [-0.2, 0) is 10.2 Å². The van der Waals surface area contributed by atoms with Crippen molar-refractivity contribution in [3.05, 3.63) is 94.0 Å². The molecule has 0 aliphatic rings. The van der Waals surface area contributed by atoms with Crippen molar-refractivity contribution in [2.45, 2.75) is 38.0 Å². The van der Waals surface area contributed by atoms with Gasteiger partial charge in [-0.3, -0.25) is 9.59 Å². The van der Waals surface area contributed by atoms with Gasteiger partial charge >= 0.3 is 0 Å². The van der Waals surface area contributed by atoms with E-state index in [1.807, 2.05) is 75.4 Å². The molecule has 0 saturated carbocycles. The van der Waals surface area contributed by atoms with Gasteiger partial charge in [-0.2, -0.15) is 0 Å². The number of thioether (sulfide) groups is 1. The zero-order valence-electron chi connectivity index (χ0n) is 19.0. The predicted octanol–water partition coefficient (Wildman–Crippen LogP) is 5.94. The number of aldehydes is 1. The fourth-order valence-electron chi connectivity index (χ4n) is 3.09. The third-order valence-corrected chi connectivity index (χ3v) is 5.57. The number of carbonyl (C=O) groups is 2. The third-order valence-electron chi connectivity index (χ3n) is 4.78. The number of phenolic OH excluding ortho intramolecular Hbond substituents is 1. The molecule has 0 unspecified atom stereocenters. The highest BCUT2D eigenvalue weighted by Crippen LogP contribution is 2.33. The lowest BCUT2D eigenvalue weighted by atomic mass is 9.84. The summed E-state index contributed by atoms with van der Waals surface area (Å²) in [6, 6.07) is 18.6. The maximum Gasteiger partial charge on any atom is 0.190 e. The molecular weight excluding hydrogens is 428 g/mol. The number of hydrogen-bond donors (Lipinski definition) is 1. The molecule has 1 N–H and O–H groups in total. The molecule has 3 rings (SSSR count). The van der Waals surface area contributed by atoms with E-state index in [0.29, 0.717) is 17.4 Å².